The highest BCUT2D eigenvalue weighted by Crippen LogP contribution is 2.19. The Kier molecular flexibility index (Phi) is 9.32. The van der Waals surface area contributed by atoms with Crippen molar-refractivity contribution in [1.82, 2.24) is 10.2 Å². The van der Waals surface area contributed by atoms with Gasteiger partial charge in [0, 0.05) is 24.0 Å². The quantitative estimate of drug-likeness (QED) is 0.406. The van der Waals surface area contributed by atoms with E-state index in [1.165, 1.54) is 0 Å². The Bertz CT molecular complexity index is 1130. The molecule has 0 aliphatic rings. The van der Waals surface area contributed by atoms with Gasteiger partial charge in [-0.25, -0.2) is 0 Å². The molecule has 0 aliphatic carbocycles. The molecule has 0 saturated heterocycles. The first-order chi connectivity index (χ1) is 16.7. The molecule has 1 atom stereocenters. The molecule has 3 rings (SSSR count). The van der Waals surface area contributed by atoms with Crippen molar-refractivity contribution in [2.45, 2.75) is 52.7 Å². The van der Waals surface area contributed by atoms with Gasteiger partial charge in [-0.15, -0.1) is 0 Å². The van der Waals surface area contributed by atoms with Crippen molar-refractivity contribution in [2.75, 3.05) is 6.61 Å². The molecule has 3 aromatic carbocycles. The largest absolute Gasteiger partial charge is 0.484 e. The minimum absolute atomic E-state index is 0.0555. The number of carbonyl (C=O) groups excluding carboxylic acids is 2. The predicted molar refractivity (Wildman–Crippen MR) is 141 cm³/mol. The van der Waals surface area contributed by atoms with Crippen LogP contribution in [-0.4, -0.2) is 35.4 Å². The van der Waals surface area contributed by atoms with Gasteiger partial charge in [0.05, 0.1) is 0 Å². The molecule has 3 aromatic rings. The van der Waals surface area contributed by atoms with Crippen LogP contribution < -0.4 is 10.1 Å². The van der Waals surface area contributed by atoms with Crippen LogP contribution in [0.15, 0.2) is 72.8 Å². The van der Waals surface area contributed by atoms with Crippen LogP contribution in [-0.2, 0) is 22.6 Å². The predicted octanol–water partition coefficient (Wildman–Crippen LogP) is 5.50. The second-order valence-electron chi connectivity index (χ2n) is 9.05. The van der Waals surface area contributed by atoms with Crippen LogP contribution in [0.4, 0.5) is 0 Å². The maximum Gasteiger partial charge on any atom is 0.261 e. The molecular formula is C29H33ClN2O3. The molecule has 1 N–H and O–H groups in total. The lowest BCUT2D eigenvalue weighted by Gasteiger charge is -2.32. The first-order valence-corrected chi connectivity index (χ1v) is 12.2. The maximum atomic E-state index is 13.6. The van der Waals surface area contributed by atoms with Gasteiger partial charge in [0.25, 0.3) is 5.91 Å². The lowest BCUT2D eigenvalue weighted by Crippen LogP contribution is -2.52. The van der Waals surface area contributed by atoms with Crippen LogP contribution in [0, 0.1) is 13.8 Å². The summed E-state index contributed by atoms with van der Waals surface area (Å²) in [5.74, 6) is 0.162. The van der Waals surface area contributed by atoms with Crippen molar-refractivity contribution < 1.29 is 14.3 Å². The average Bonchev–Trinajstić information content (AvgIpc) is 2.83. The summed E-state index contributed by atoms with van der Waals surface area (Å²) >= 11 is 6.07. The second-order valence-corrected chi connectivity index (χ2v) is 9.49. The van der Waals surface area contributed by atoms with Crippen LogP contribution in [0.1, 0.15) is 36.1 Å². The zero-order valence-electron chi connectivity index (χ0n) is 20.8. The van der Waals surface area contributed by atoms with E-state index < -0.39 is 6.04 Å². The molecule has 0 bridgehead atoms. The average molecular weight is 493 g/mol. The summed E-state index contributed by atoms with van der Waals surface area (Å²) in [6.07, 6.45) is 0.391. The SMILES string of the molecule is Cc1ccc(OCC(=O)N(Cc2ccc(Cl)cc2)[C@@H](Cc2ccccc2)C(=O)NC(C)C)cc1C. The summed E-state index contributed by atoms with van der Waals surface area (Å²) in [5, 5.41) is 3.60. The van der Waals surface area contributed by atoms with Crippen LogP contribution in [0.2, 0.25) is 5.02 Å². The zero-order valence-corrected chi connectivity index (χ0v) is 21.5. The smallest absolute Gasteiger partial charge is 0.261 e. The Labute approximate surface area is 213 Å². The molecule has 0 radical (unpaired) electrons. The molecule has 0 fully saturated rings. The summed E-state index contributed by atoms with van der Waals surface area (Å²) < 4.78 is 5.86. The van der Waals surface area contributed by atoms with Gasteiger partial charge in [-0.2, -0.15) is 0 Å². The van der Waals surface area contributed by atoms with Crippen LogP contribution >= 0.6 is 11.6 Å². The van der Waals surface area contributed by atoms with E-state index >= 15 is 0 Å². The summed E-state index contributed by atoms with van der Waals surface area (Å²) in [5.41, 5.74) is 4.09. The number of carbonyl (C=O) groups is 2. The standard InChI is InChI=1S/C29H33ClN2O3/c1-20(2)31-29(34)27(17-23-8-6-5-7-9-23)32(18-24-11-13-25(30)14-12-24)28(33)19-35-26-15-10-21(3)22(4)16-26/h5-16,20,27H,17-19H2,1-4H3,(H,31,34)/t27-/m0/s1. The molecule has 0 heterocycles. The number of nitrogens with zero attached hydrogens (tertiary/aromatic N) is 1. The fraction of sp³-hybridized carbons (Fsp3) is 0.310. The Balaban J connectivity index is 1.90. The van der Waals surface area contributed by atoms with E-state index in [4.69, 9.17) is 16.3 Å². The Morgan fingerprint density at radius 3 is 2.23 bits per heavy atom. The van der Waals surface area contributed by atoms with Crippen molar-refractivity contribution in [2.24, 2.45) is 0 Å². The van der Waals surface area contributed by atoms with Crippen molar-refractivity contribution in [3.63, 3.8) is 0 Å². The number of amides is 2. The summed E-state index contributed by atoms with van der Waals surface area (Å²) in [6.45, 7) is 7.94. The highest BCUT2D eigenvalue weighted by molar-refractivity contribution is 6.30. The lowest BCUT2D eigenvalue weighted by atomic mass is 10.0. The molecule has 5 nitrogen and oxygen atoms in total. The molecule has 0 saturated carbocycles. The molecule has 0 spiro atoms. The topological polar surface area (TPSA) is 58.6 Å². The molecule has 0 unspecified atom stereocenters. The maximum absolute atomic E-state index is 13.6. The van der Waals surface area contributed by atoms with Crippen LogP contribution in [0.25, 0.3) is 0 Å². The first kappa shape index (κ1) is 26.3. The van der Waals surface area contributed by atoms with E-state index in [9.17, 15) is 9.59 Å². The number of rotatable bonds is 10. The number of nitrogens with one attached hydrogen (secondary N) is 1. The normalized spacial score (nSPS) is 11.7. The van der Waals surface area contributed by atoms with Gasteiger partial charge in [-0.3, -0.25) is 9.59 Å². The van der Waals surface area contributed by atoms with Crippen LogP contribution in [0.5, 0.6) is 5.75 Å². The molecule has 6 heteroatoms. The van der Waals surface area contributed by atoms with E-state index in [1.807, 2.05) is 88.4 Å². The number of hydrogen-bond acceptors (Lipinski definition) is 3. The third kappa shape index (κ3) is 7.86. The highest BCUT2D eigenvalue weighted by Gasteiger charge is 2.31. The second kappa shape index (κ2) is 12.4. The monoisotopic (exact) mass is 492 g/mol. The summed E-state index contributed by atoms with van der Waals surface area (Å²) in [6, 6.07) is 22.0. The third-order valence-corrected chi connectivity index (χ3v) is 6.06. The Hall–Kier alpha value is -3.31. The van der Waals surface area contributed by atoms with E-state index in [0.717, 1.165) is 22.3 Å². The number of aryl methyl sites for hydroxylation is 2. The minimum Gasteiger partial charge on any atom is -0.484 e. The minimum atomic E-state index is -0.702. The van der Waals surface area contributed by atoms with E-state index in [1.54, 1.807) is 17.0 Å². The first-order valence-electron chi connectivity index (χ1n) is 11.8. The number of hydrogen-bond donors (Lipinski definition) is 1. The van der Waals surface area contributed by atoms with Crippen molar-refractivity contribution in [1.29, 1.82) is 0 Å². The van der Waals surface area contributed by atoms with Crippen LogP contribution in [0.3, 0.4) is 0 Å². The Morgan fingerprint density at radius 2 is 1.60 bits per heavy atom. The molecule has 35 heavy (non-hydrogen) atoms. The zero-order chi connectivity index (χ0) is 25.4. The van der Waals surface area contributed by atoms with Crippen molar-refractivity contribution in [3.8, 4) is 5.75 Å². The van der Waals surface area contributed by atoms with Gasteiger partial charge in [-0.1, -0.05) is 60.1 Å². The lowest BCUT2D eigenvalue weighted by molar-refractivity contribution is -0.143. The van der Waals surface area contributed by atoms with Crippen molar-refractivity contribution in [3.05, 3.63) is 100 Å². The van der Waals surface area contributed by atoms with Crippen molar-refractivity contribution >= 4 is 23.4 Å². The van der Waals surface area contributed by atoms with E-state index in [0.29, 0.717) is 17.2 Å². The van der Waals surface area contributed by atoms with Gasteiger partial charge in [0.2, 0.25) is 5.91 Å². The van der Waals surface area contributed by atoms with Gasteiger partial charge in [0.1, 0.15) is 11.8 Å². The fourth-order valence-electron chi connectivity index (χ4n) is 3.75. The Morgan fingerprint density at radius 1 is 0.914 bits per heavy atom. The molecule has 0 aromatic heterocycles. The van der Waals surface area contributed by atoms with E-state index in [-0.39, 0.29) is 31.0 Å². The molecular weight excluding hydrogens is 460 g/mol. The number of benzene rings is 3. The van der Waals surface area contributed by atoms with Gasteiger partial charge in [0.15, 0.2) is 6.61 Å². The van der Waals surface area contributed by atoms with Gasteiger partial charge >= 0.3 is 0 Å². The molecule has 184 valence electrons. The van der Waals surface area contributed by atoms with E-state index in [2.05, 4.69) is 5.32 Å². The summed E-state index contributed by atoms with van der Waals surface area (Å²) in [7, 11) is 0. The van der Waals surface area contributed by atoms with Gasteiger partial charge in [-0.05, 0) is 74.2 Å². The number of ether oxygens (including phenoxy) is 1. The molecule has 2 amide bonds. The summed E-state index contributed by atoms with van der Waals surface area (Å²) in [4.78, 5) is 28.5. The third-order valence-electron chi connectivity index (χ3n) is 5.81. The highest BCUT2D eigenvalue weighted by atomic mass is 35.5. The number of halogens is 1. The fourth-order valence-corrected chi connectivity index (χ4v) is 3.88. The van der Waals surface area contributed by atoms with Gasteiger partial charge < -0.3 is 15.0 Å². The molecule has 0 aliphatic heterocycles.